The fourth-order valence-electron chi connectivity index (χ4n) is 4.29. The molecule has 1 amide bonds. The molecule has 136 valence electrons. The van der Waals surface area contributed by atoms with Crippen LogP contribution in [0, 0.1) is 11.3 Å². The SMILES string of the molecule is O=C(N[C@@H](Cc1coc2ccccc12)B(O)O)C1CC12CCCCC2=O. The van der Waals surface area contributed by atoms with Crippen LogP contribution in [0.1, 0.15) is 37.7 Å². The Morgan fingerprint density at radius 2 is 2.15 bits per heavy atom. The number of Topliss-reactive ketones (excluding diaryl/α,β-unsaturated/α-hetero) is 1. The van der Waals surface area contributed by atoms with E-state index in [0.717, 1.165) is 30.2 Å². The molecule has 2 aromatic rings. The molecule has 2 aliphatic rings. The minimum Gasteiger partial charge on any atom is -0.464 e. The molecule has 4 rings (SSSR count). The molecule has 6 nitrogen and oxygen atoms in total. The Bertz CT molecular complexity index is 847. The minimum atomic E-state index is -1.69. The Morgan fingerprint density at radius 1 is 1.35 bits per heavy atom. The molecule has 2 unspecified atom stereocenters. The van der Waals surface area contributed by atoms with E-state index in [4.69, 9.17) is 4.42 Å². The average molecular weight is 355 g/mol. The van der Waals surface area contributed by atoms with Gasteiger partial charge in [0.05, 0.1) is 18.1 Å². The number of rotatable bonds is 5. The Kier molecular flexibility index (Phi) is 4.36. The van der Waals surface area contributed by atoms with Crippen molar-refractivity contribution in [2.24, 2.45) is 11.3 Å². The van der Waals surface area contributed by atoms with Gasteiger partial charge in [0.2, 0.25) is 5.91 Å². The van der Waals surface area contributed by atoms with Gasteiger partial charge in [-0.3, -0.25) is 9.59 Å². The predicted molar refractivity (Wildman–Crippen MR) is 96.1 cm³/mol. The monoisotopic (exact) mass is 355 g/mol. The van der Waals surface area contributed by atoms with E-state index in [1.54, 1.807) is 6.26 Å². The molecule has 2 saturated carbocycles. The Labute approximate surface area is 151 Å². The maximum atomic E-state index is 12.6. The maximum absolute atomic E-state index is 12.6. The molecule has 1 aromatic carbocycles. The topological polar surface area (TPSA) is 99.8 Å². The van der Waals surface area contributed by atoms with Crippen LogP contribution in [0.15, 0.2) is 34.9 Å². The number of benzene rings is 1. The van der Waals surface area contributed by atoms with Crippen LogP contribution >= 0.6 is 0 Å². The lowest BCUT2D eigenvalue weighted by Gasteiger charge is -2.22. The summed E-state index contributed by atoms with van der Waals surface area (Å²) in [4.78, 5) is 24.8. The summed E-state index contributed by atoms with van der Waals surface area (Å²) in [7, 11) is -1.69. The van der Waals surface area contributed by atoms with Gasteiger partial charge in [0, 0.05) is 17.2 Å². The summed E-state index contributed by atoms with van der Waals surface area (Å²) in [6.45, 7) is 0. The number of hydrogen-bond donors (Lipinski definition) is 3. The number of nitrogens with one attached hydrogen (secondary N) is 1. The van der Waals surface area contributed by atoms with Crippen molar-refractivity contribution in [3.8, 4) is 0 Å². The Balaban J connectivity index is 1.46. The van der Waals surface area contributed by atoms with Crippen molar-refractivity contribution in [1.82, 2.24) is 5.32 Å². The van der Waals surface area contributed by atoms with E-state index in [9.17, 15) is 19.6 Å². The molecular weight excluding hydrogens is 333 g/mol. The molecule has 0 bridgehead atoms. The van der Waals surface area contributed by atoms with Gasteiger partial charge in [-0.1, -0.05) is 24.6 Å². The molecule has 3 atom stereocenters. The highest BCUT2D eigenvalue weighted by Gasteiger charge is 2.63. The maximum Gasteiger partial charge on any atom is 0.475 e. The molecule has 3 N–H and O–H groups in total. The molecular formula is C19H22BNO5. The number of amides is 1. The quantitative estimate of drug-likeness (QED) is 0.708. The van der Waals surface area contributed by atoms with E-state index in [1.165, 1.54) is 0 Å². The molecule has 2 fully saturated rings. The first-order chi connectivity index (χ1) is 12.5. The molecule has 0 saturated heterocycles. The van der Waals surface area contributed by atoms with Crippen molar-refractivity contribution in [3.63, 3.8) is 0 Å². The largest absolute Gasteiger partial charge is 0.475 e. The molecule has 26 heavy (non-hydrogen) atoms. The highest BCUT2D eigenvalue weighted by atomic mass is 16.4. The van der Waals surface area contributed by atoms with Crippen LogP contribution in [0.2, 0.25) is 0 Å². The van der Waals surface area contributed by atoms with Gasteiger partial charge in [0.15, 0.2) is 0 Å². The Morgan fingerprint density at radius 3 is 2.92 bits per heavy atom. The lowest BCUT2D eigenvalue weighted by Crippen LogP contribution is -2.49. The molecule has 1 spiro atoms. The van der Waals surface area contributed by atoms with Gasteiger partial charge in [-0.2, -0.15) is 0 Å². The van der Waals surface area contributed by atoms with E-state index < -0.39 is 18.5 Å². The lowest BCUT2D eigenvalue weighted by atomic mass is 9.75. The van der Waals surface area contributed by atoms with E-state index in [2.05, 4.69) is 5.32 Å². The van der Waals surface area contributed by atoms with Gasteiger partial charge in [-0.25, -0.2) is 0 Å². The summed E-state index contributed by atoms with van der Waals surface area (Å²) in [6.07, 6.45) is 5.60. The zero-order valence-electron chi connectivity index (χ0n) is 14.5. The smallest absolute Gasteiger partial charge is 0.464 e. The van der Waals surface area contributed by atoms with Gasteiger partial charge < -0.3 is 19.8 Å². The van der Waals surface area contributed by atoms with Crippen LogP contribution in [0.3, 0.4) is 0 Å². The van der Waals surface area contributed by atoms with Crippen molar-refractivity contribution < 1.29 is 24.1 Å². The molecule has 2 aliphatic carbocycles. The number of para-hydroxylation sites is 1. The summed E-state index contributed by atoms with van der Waals surface area (Å²) in [5.41, 5.74) is 1.03. The lowest BCUT2D eigenvalue weighted by molar-refractivity contribution is -0.131. The van der Waals surface area contributed by atoms with E-state index in [-0.39, 0.29) is 24.0 Å². The first kappa shape index (κ1) is 17.3. The van der Waals surface area contributed by atoms with Gasteiger partial charge in [-0.05, 0) is 37.3 Å². The van der Waals surface area contributed by atoms with Gasteiger partial charge in [0.1, 0.15) is 11.4 Å². The fourth-order valence-corrected chi connectivity index (χ4v) is 4.29. The number of furan rings is 1. The first-order valence-corrected chi connectivity index (χ1v) is 9.16. The normalized spacial score (nSPS) is 26.1. The molecule has 1 aromatic heterocycles. The van der Waals surface area contributed by atoms with Gasteiger partial charge >= 0.3 is 7.12 Å². The van der Waals surface area contributed by atoms with Crippen LogP contribution in [-0.4, -0.2) is 34.8 Å². The van der Waals surface area contributed by atoms with Crippen molar-refractivity contribution >= 4 is 29.8 Å². The van der Waals surface area contributed by atoms with E-state index >= 15 is 0 Å². The van der Waals surface area contributed by atoms with Crippen LogP contribution in [0.4, 0.5) is 0 Å². The Hall–Kier alpha value is -2.12. The fraction of sp³-hybridized carbons (Fsp3) is 0.474. The molecule has 0 aliphatic heterocycles. The summed E-state index contributed by atoms with van der Waals surface area (Å²) in [5.74, 6) is -1.26. The van der Waals surface area contributed by atoms with Crippen LogP contribution < -0.4 is 5.32 Å². The van der Waals surface area contributed by atoms with Gasteiger partial charge in [-0.15, -0.1) is 0 Å². The summed E-state index contributed by atoms with van der Waals surface area (Å²) >= 11 is 0. The zero-order valence-corrected chi connectivity index (χ0v) is 14.5. The second-order valence-corrected chi connectivity index (χ2v) is 7.53. The standard InChI is InChI=1S/C19H22BNO5/c22-16-7-3-4-8-19(16)10-14(19)18(23)21-17(20(24)25)9-12-11-26-15-6-2-1-5-13(12)15/h1-2,5-6,11,14,17,24-25H,3-4,7-10H2,(H,21,23)/t14?,17-,19?/m0/s1. The highest BCUT2D eigenvalue weighted by molar-refractivity contribution is 6.43. The number of ketones is 1. The van der Waals surface area contributed by atoms with Gasteiger partial charge in [0.25, 0.3) is 0 Å². The summed E-state index contributed by atoms with van der Waals surface area (Å²) in [6, 6.07) is 7.48. The molecule has 7 heteroatoms. The van der Waals surface area contributed by atoms with Crippen molar-refractivity contribution in [3.05, 3.63) is 36.1 Å². The molecule has 1 heterocycles. The van der Waals surface area contributed by atoms with Crippen LogP contribution in [-0.2, 0) is 16.0 Å². The predicted octanol–water partition coefficient (Wildman–Crippen LogP) is 1.62. The number of carbonyl (C=O) groups excluding carboxylic acids is 2. The van der Waals surface area contributed by atoms with E-state index in [0.29, 0.717) is 18.4 Å². The summed E-state index contributed by atoms with van der Waals surface area (Å²) in [5, 5.41) is 23.1. The second kappa shape index (κ2) is 6.56. The van der Waals surface area contributed by atoms with Crippen molar-refractivity contribution in [1.29, 1.82) is 0 Å². The van der Waals surface area contributed by atoms with Crippen LogP contribution in [0.5, 0.6) is 0 Å². The number of hydrogen-bond acceptors (Lipinski definition) is 5. The highest BCUT2D eigenvalue weighted by Crippen LogP contribution is 2.59. The second-order valence-electron chi connectivity index (χ2n) is 7.53. The number of carbonyl (C=O) groups is 2. The summed E-state index contributed by atoms with van der Waals surface area (Å²) < 4.78 is 5.48. The third kappa shape index (κ3) is 2.95. The average Bonchev–Trinajstić information content (AvgIpc) is 3.22. The molecule has 0 radical (unpaired) electrons. The minimum absolute atomic E-state index is 0.186. The van der Waals surface area contributed by atoms with Crippen molar-refractivity contribution in [2.75, 3.05) is 0 Å². The first-order valence-electron chi connectivity index (χ1n) is 9.16. The third-order valence-electron chi connectivity index (χ3n) is 5.91. The third-order valence-corrected chi connectivity index (χ3v) is 5.91. The number of fused-ring (bicyclic) bond motifs is 1. The zero-order chi connectivity index (χ0) is 18.3. The van der Waals surface area contributed by atoms with E-state index in [1.807, 2.05) is 24.3 Å². The van der Waals surface area contributed by atoms with Crippen LogP contribution in [0.25, 0.3) is 11.0 Å². The van der Waals surface area contributed by atoms with Crippen molar-refractivity contribution in [2.45, 2.75) is 44.5 Å².